The maximum Gasteiger partial charge on any atom is 0 e. The van der Waals surface area contributed by atoms with Gasteiger partial charge in [0.2, 0.25) is 0 Å². The minimum Gasteiger partial charge on any atom is -0.428 e. The Kier molecular flexibility index (Phi) is 5.54. The molecule has 142 valence electrons. The molecule has 0 saturated heterocycles. The molecule has 0 N–H and O–H groups in total. The number of benzene rings is 3. The molecule has 29 heavy (non-hydrogen) atoms. The number of hydrogen-bond acceptors (Lipinski definition) is 1. The van der Waals surface area contributed by atoms with Gasteiger partial charge in [0.25, 0.3) is 0 Å². The third-order valence-corrected chi connectivity index (χ3v) is 5.97. The van der Waals surface area contributed by atoms with E-state index in [2.05, 4.69) is 116 Å². The quantitative estimate of drug-likeness (QED) is 0.361. The van der Waals surface area contributed by atoms with Crippen molar-refractivity contribution in [3.8, 4) is 0 Å². The predicted molar refractivity (Wildman–Crippen MR) is 120 cm³/mol. The van der Waals surface area contributed by atoms with Crippen molar-refractivity contribution in [1.82, 2.24) is 0 Å². The van der Waals surface area contributed by atoms with Crippen LogP contribution in [0.1, 0.15) is 39.7 Å². The molecule has 2 heteroatoms. The van der Waals surface area contributed by atoms with E-state index in [-0.39, 0.29) is 33.6 Å². The van der Waals surface area contributed by atoms with Gasteiger partial charge < -0.3 is 4.90 Å². The third-order valence-electron chi connectivity index (χ3n) is 5.97. The van der Waals surface area contributed by atoms with Crippen molar-refractivity contribution in [3.05, 3.63) is 119 Å². The molecule has 0 saturated carbocycles. The molecule has 5 rings (SSSR count). The van der Waals surface area contributed by atoms with Crippen molar-refractivity contribution in [1.29, 1.82) is 0 Å². The molecule has 0 heterocycles. The number of para-hydroxylation sites is 1. The molecule has 3 aromatic carbocycles. The Labute approximate surface area is 188 Å². The van der Waals surface area contributed by atoms with E-state index in [1.807, 2.05) is 0 Å². The molecule has 3 aromatic rings. The van der Waals surface area contributed by atoms with Gasteiger partial charge in [0.1, 0.15) is 0 Å². The van der Waals surface area contributed by atoms with E-state index >= 15 is 0 Å². The van der Waals surface area contributed by atoms with Crippen LogP contribution in [0, 0.1) is 5.92 Å². The van der Waals surface area contributed by atoms with Crippen LogP contribution in [0.2, 0.25) is 0 Å². The van der Waals surface area contributed by atoms with Crippen molar-refractivity contribution in [2.45, 2.75) is 11.8 Å². The molecule has 1 nitrogen and oxygen atoms in total. The maximum absolute atomic E-state index is 2.38. The number of nitrogens with zero attached hydrogens (tertiary/aromatic N) is 1. The zero-order valence-electron chi connectivity index (χ0n) is 16.8. The van der Waals surface area contributed by atoms with Gasteiger partial charge in [0.05, 0.1) is 0 Å². The van der Waals surface area contributed by atoms with Crippen LogP contribution in [-0.4, -0.2) is 14.1 Å². The van der Waals surface area contributed by atoms with Crippen LogP contribution in [0.3, 0.4) is 0 Å². The minimum absolute atomic E-state index is 0. The summed E-state index contributed by atoms with van der Waals surface area (Å²) < 4.78 is 0. The summed E-state index contributed by atoms with van der Waals surface area (Å²) in [5.74, 6) is 2.04. The van der Waals surface area contributed by atoms with Crippen molar-refractivity contribution < 1.29 is 21.7 Å². The summed E-state index contributed by atoms with van der Waals surface area (Å²) in [7, 11) is 4.26. The van der Waals surface area contributed by atoms with Gasteiger partial charge in [-0.2, -0.15) is 11.6 Å². The van der Waals surface area contributed by atoms with E-state index in [0.29, 0.717) is 0 Å². The molecule has 0 aromatic heterocycles. The molecule has 0 spiro atoms. The summed E-state index contributed by atoms with van der Waals surface area (Å²) in [6.07, 6.45) is 9.31. The Bertz CT molecular complexity index is 1020. The maximum atomic E-state index is 2.38. The van der Waals surface area contributed by atoms with Crippen molar-refractivity contribution in [2.24, 2.45) is 0 Å². The molecule has 2 aliphatic rings. The van der Waals surface area contributed by atoms with Crippen LogP contribution in [-0.2, 0) is 21.7 Å². The first-order valence-corrected chi connectivity index (χ1v) is 9.92. The summed E-state index contributed by atoms with van der Waals surface area (Å²) in [5, 5.41) is 0. The topological polar surface area (TPSA) is 3.24 Å². The van der Waals surface area contributed by atoms with Gasteiger partial charge in [0, 0.05) is 21.7 Å². The average molecular weight is 410 g/mol. The summed E-state index contributed by atoms with van der Waals surface area (Å²) in [4.78, 5) is 2.23. The van der Waals surface area contributed by atoms with Gasteiger partial charge in [-0.3, -0.25) is 0 Å². The number of rotatable bonds is 4. The number of fused-ring (bicyclic) bond motifs is 2. The van der Waals surface area contributed by atoms with Crippen LogP contribution in [0.25, 0.3) is 12.2 Å². The van der Waals surface area contributed by atoms with E-state index in [1.165, 1.54) is 39.4 Å². The second kappa shape index (κ2) is 8.10. The van der Waals surface area contributed by atoms with E-state index in [9.17, 15) is 0 Å². The van der Waals surface area contributed by atoms with Gasteiger partial charge in [-0.25, -0.2) is 0 Å². The smallest absolute Gasteiger partial charge is 0 e. The van der Waals surface area contributed by atoms with Crippen molar-refractivity contribution in [2.75, 3.05) is 19.0 Å². The summed E-state index contributed by atoms with van der Waals surface area (Å²) >= 11 is 0. The Hall–Kier alpha value is -2.48. The summed E-state index contributed by atoms with van der Waals surface area (Å²) in [6, 6.07) is 26.4. The summed E-state index contributed by atoms with van der Waals surface area (Å²) in [6.45, 7) is 0. The van der Waals surface area contributed by atoms with Gasteiger partial charge in [-0.1, -0.05) is 90.7 Å². The molecule has 0 bridgehead atoms. The first-order chi connectivity index (χ1) is 13.7. The van der Waals surface area contributed by atoms with E-state index in [0.717, 1.165) is 0 Å². The van der Waals surface area contributed by atoms with Crippen molar-refractivity contribution in [3.63, 3.8) is 0 Å². The van der Waals surface area contributed by atoms with Crippen LogP contribution in [0.15, 0.2) is 84.9 Å². The van der Waals surface area contributed by atoms with Crippen LogP contribution < -0.4 is 4.90 Å². The summed E-state index contributed by atoms with van der Waals surface area (Å²) in [5.41, 5.74) is 8.09. The van der Waals surface area contributed by atoms with Crippen LogP contribution in [0.5, 0.6) is 0 Å². The molecule has 0 amide bonds. The molecule has 2 atom stereocenters. The largest absolute Gasteiger partial charge is 0.428 e. The minimum atomic E-state index is 0. The average Bonchev–Trinajstić information content (AvgIpc) is 3.34. The molecule has 0 aliphatic heterocycles. The first kappa shape index (κ1) is 19.8. The zero-order chi connectivity index (χ0) is 19.1. The van der Waals surface area contributed by atoms with E-state index < -0.39 is 0 Å². The number of hydrogen-bond donors (Lipinski definition) is 0. The molecule has 2 unspecified atom stereocenters. The fraction of sp³-hybridized carbons (Fsp3) is 0.148. The Morgan fingerprint density at radius 1 is 0.655 bits per heavy atom. The molecular formula is C27H24NTi-. The monoisotopic (exact) mass is 410 g/mol. The molecule has 0 radical (unpaired) electrons. The standard InChI is InChI=1S/C27H24N.Ti/c1-28(2)26-14-8-7-13-25(26)27(23-17-15-19-9-3-5-11-21(19)23)24-18-16-20-10-4-6-12-22(20)24;/h3-18,23-24H,1-2H3;/q-1;. The number of anilines is 1. The van der Waals surface area contributed by atoms with Crippen LogP contribution in [0.4, 0.5) is 5.69 Å². The SMILES string of the molecule is CN(C)c1ccccc1[C-](C1C=Cc2ccccc21)C1C=Cc2ccccc21.[Ti]. The van der Waals surface area contributed by atoms with Crippen LogP contribution >= 0.6 is 0 Å². The van der Waals surface area contributed by atoms with E-state index in [1.54, 1.807) is 0 Å². The zero-order valence-corrected chi connectivity index (χ0v) is 18.4. The molecular weight excluding hydrogens is 386 g/mol. The second-order valence-electron chi connectivity index (χ2n) is 7.80. The Balaban J connectivity index is 0.00000205. The third kappa shape index (κ3) is 3.39. The van der Waals surface area contributed by atoms with Gasteiger partial charge in [-0.05, 0) is 48.2 Å². The first-order valence-electron chi connectivity index (χ1n) is 9.92. The molecule has 2 aliphatic carbocycles. The van der Waals surface area contributed by atoms with Gasteiger partial charge in [-0.15, -0.1) is 12.0 Å². The second-order valence-corrected chi connectivity index (χ2v) is 7.80. The Morgan fingerprint density at radius 3 is 1.69 bits per heavy atom. The Morgan fingerprint density at radius 2 is 1.14 bits per heavy atom. The van der Waals surface area contributed by atoms with Crippen molar-refractivity contribution >= 4 is 17.8 Å². The van der Waals surface area contributed by atoms with Gasteiger partial charge in [0.15, 0.2) is 0 Å². The molecule has 0 fully saturated rings. The fourth-order valence-corrected chi connectivity index (χ4v) is 4.68. The van der Waals surface area contributed by atoms with E-state index in [4.69, 9.17) is 0 Å². The predicted octanol–water partition coefficient (Wildman–Crippen LogP) is 6.29. The fourth-order valence-electron chi connectivity index (χ4n) is 4.68. The van der Waals surface area contributed by atoms with Gasteiger partial charge >= 0.3 is 0 Å². The normalized spacial score (nSPS) is 18.1. The number of allylic oxidation sites excluding steroid dienone is 2.